The van der Waals surface area contributed by atoms with Gasteiger partial charge in [-0.15, -0.1) is 0 Å². The molecule has 1 unspecified atom stereocenters. The molecular weight excluding hydrogens is 270 g/mol. The summed E-state index contributed by atoms with van der Waals surface area (Å²) in [6.07, 6.45) is 1.45. The fraction of sp³-hybridized carbons (Fsp3) is 0.133. The van der Waals surface area contributed by atoms with Gasteiger partial charge in [0, 0.05) is 11.9 Å². The number of nitrogens with two attached hydrogens (primary N) is 1. The van der Waals surface area contributed by atoms with E-state index in [0.29, 0.717) is 5.69 Å². The molecule has 0 saturated carbocycles. The Morgan fingerprint density at radius 1 is 1.24 bits per heavy atom. The van der Waals surface area contributed by atoms with Crippen LogP contribution < -0.4 is 11.1 Å². The molecule has 1 amide bonds. The van der Waals surface area contributed by atoms with E-state index in [0.717, 1.165) is 5.56 Å². The number of primary amides is 1. The molecule has 108 valence electrons. The number of anilines is 1. The highest BCUT2D eigenvalue weighted by Crippen LogP contribution is 2.21. The third-order valence-electron chi connectivity index (χ3n) is 2.89. The normalized spacial score (nSPS) is 11.5. The van der Waals surface area contributed by atoms with Gasteiger partial charge in [-0.2, -0.15) is 0 Å². The minimum absolute atomic E-state index is 0.122. The van der Waals surface area contributed by atoms with Crippen LogP contribution in [-0.4, -0.2) is 24.0 Å². The Bertz CT molecular complexity index is 644. The Balaban J connectivity index is 2.29. The number of rotatable bonds is 5. The van der Waals surface area contributed by atoms with Crippen molar-refractivity contribution in [3.05, 3.63) is 59.9 Å². The first-order valence-electron chi connectivity index (χ1n) is 6.27. The van der Waals surface area contributed by atoms with Crippen LogP contribution in [0.25, 0.3) is 0 Å². The van der Waals surface area contributed by atoms with Crippen LogP contribution in [0.5, 0.6) is 0 Å². The lowest BCUT2D eigenvalue weighted by atomic mass is 10.1. The van der Waals surface area contributed by atoms with Crippen LogP contribution >= 0.6 is 0 Å². The van der Waals surface area contributed by atoms with Gasteiger partial charge in [0.2, 0.25) is 0 Å². The zero-order valence-electron chi connectivity index (χ0n) is 11.4. The summed E-state index contributed by atoms with van der Waals surface area (Å²) in [6.45, 7) is 0. The largest absolute Gasteiger partial charge is 0.467 e. The first-order valence-corrected chi connectivity index (χ1v) is 6.27. The number of ether oxygens (including phenoxy) is 1. The number of pyridine rings is 1. The van der Waals surface area contributed by atoms with Crippen molar-refractivity contribution in [2.45, 2.75) is 6.04 Å². The molecule has 3 N–H and O–H groups in total. The van der Waals surface area contributed by atoms with E-state index in [2.05, 4.69) is 10.3 Å². The highest BCUT2D eigenvalue weighted by atomic mass is 16.5. The fourth-order valence-corrected chi connectivity index (χ4v) is 1.86. The smallest absolute Gasteiger partial charge is 0.332 e. The molecule has 0 aliphatic carbocycles. The number of nitrogens with one attached hydrogen (secondary N) is 1. The summed E-state index contributed by atoms with van der Waals surface area (Å²) in [5.41, 5.74) is 6.62. The monoisotopic (exact) mass is 285 g/mol. The molecule has 0 aliphatic heterocycles. The average molecular weight is 285 g/mol. The molecule has 21 heavy (non-hydrogen) atoms. The van der Waals surface area contributed by atoms with E-state index in [4.69, 9.17) is 10.5 Å². The van der Waals surface area contributed by atoms with Gasteiger partial charge in [0.1, 0.15) is 5.69 Å². The predicted molar refractivity (Wildman–Crippen MR) is 77.6 cm³/mol. The predicted octanol–water partition coefficient (Wildman–Crippen LogP) is 1.51. The van der Waals surface area contributed by atoms with Crippen LogP contribution in [-0.2, 0) is 9.53 Å². The zero-order valence-corrected chi connectivity index (χ0v) is 11.4. The quantitative estimate of drug-likeness (QED) is 0.812. The Hall–Kier alpha value is -2.89. The Kier molecular flexibility index (Phi) is 4.50. The van der Waals surface area contributed by atoms with Crippen LogP contribution in [0.1, 0.15) is 22.1 Å². The van der Waals surface area contributed by atoms with Crippen molar-refractivity contribution in [1.82, 2.24) is 4.98 Å². The maximum absolute atomic E-state index is 11.9. The number of benzene rings is 1. The van der Waals surface area contributed by atoms with Crippen molar-refractivity contribution < 1.29 is 14.3 Å². The number of carbonyl (C=O) groups excluding carboxylic acids is 2. The van der Waals surface area contributed by atoms with Gasteiger partial charge < -0.3 is 15.8 Å². The van der Waals surface area contributed by atoms with Crippen molar-refractivity contribution in [2.75, 3.05) is 12.4 Å². The van der Waals surface area contributed by atoms with Gasteiger partial charge >= 0.3 is 5.97 Å². The molecule has 2 rings (SSSR count). The standard InChI is InChI=1S/C15H15N3O3/c1-21-15(20)13(10-5-3-2-4-6-10)18-11-7-8-17-12(9-11)14(16)19/h2-9,13H,1H3,(H2,16,19)(H,17,18). The van der Waals surface area contributed by atoms with Crippen molar-refractivity contribution in [3.8, 4) is 0 Å². The third-order valence-corrected chi connectivity index (χ3v) is 2.89. The first kappa shape index (κ1) is 14.5. The summed E-state index contributed by atoms with van der Waals surface area (Å²) in [5.74, 6) is -1.06. The lowest BCUT2D eigenvalue weighted by Crippen LogP contribution is -2.22. The SMILES string of the molecule is COC(=O)C(Nc1ccnc(C(N)=O)c1)c1ccccc1. The Labute approximate surface area is 121 Å². The number of hydrogen-bond acceptors (Lipinski definition) is 5. The molecule has 0 fully saturated rings. The van der Waals surface area contributed by atoms with E-state index < -0.39 is 17.9 Å². The van der Waals surface area contributed by atoms with E-state index in [9.17, 15) is 9.59 Å². The number of methoxy groups -OCH3 is 1. The number of carbonyl (C=O) groups is 2. The molecule has 6 heteroatoms. The van der Waals surface area contributed by atoms with Crippen molar-refractivity contribution in [2.24, 2.45) is 5.73 Å². The van der Waals surface area contributed by atoms with Crippen LogP contribution in [0.15, 0.2) is 48.7 Å². The van der Waals surface area contributed by atoms with E-state index >= 15 is 0 Å². The molecule has 2 aromatic rings. The number of aromatic nitrogens is 1. The zero-order chi connectivity index (χ0) is 15.2. The Morgan fingerprint density at radius 3 is 2.57 bits per heavy atom. The van der Waals surface area contributed by atoms with Crippen LogP contribution in [0, 0.1) is 0 Å². The maximum Gasteiger partial charge on any atom is 0.332 e. The van der Waals surface area contributed by atoms with Crippen LogP contribution in [0.4, 0.5) is 5.69 Å². The van der Waals surface area contributed by atoms with Crippen molar-refractivity contribution in [1.29, 1.82) is 0 Å². The van der Waals surface area contributed by atoms with Crippen LogP contribution in [0.3, 0.4) is 0 Å². The third kappa shape index (κ3) is 3.56. The summed E-state index contributed by atoms with van der Waals surface area (Å²) < 4.78 is 4.81. The minimum Gasteiger partial charge on any atom is -0.467 e. The molecule has 0 spiro atoms. The van der Waals surface area contributed by atoms with Gasteiger partial charge in [-0.05, 0) is 17.7 Å². The molecule has 1 heterocycles. The lowest BCUT2D eigenvalue weighted by Gasteiger charge is -2.18. The van der Waals surface area contributed by atoms with Gasteiger partial charge in [0.05, 0.1) is 7.11 Å². The van der Waals surface area contributed by atoms with Crippen molar-refractivity contribution >= 4 is 17.6 Å². The molecule has 0 radical (unpaired) electrons. The lowest BCUT2D eigenvalue weighted by molar-refractivity contribution is -0.141. The van der Waals surface area contributed by atoms with Gasteiger partial charge in [-0.25, -0.2) is 4.79 Å². The molecule has 0 bridgehead atoms. The van der Waals surface area contributed by atoms with Crippen molar-refractivity contribution in [3.63, 3.8) is 0 Å². The van der Waals surface area contributed by atoms with E-state index in [1.165, 1.54) is 19.4 Å². The van der Waals surface area contributed by atoms with E-state index in [1.807, 2.05) is 30.3 Å². The Morgan fingerprint density at radius 2 is 1.95 bits per heavy atom. The summed E-state index contributed by atoms with van der Waals surface area (Å²) in [5, 5.41) is 3.02. The van der Waals surface area contributed by atoms with Crippen LogP contribution in [0.2, 0.25) is 0 Å². The molecule has 1 aromatic carbocycles. The number of nitrogens with zero attached hydrogens (tertiary/aromatic N) is 1. The molecule has 6 nitrogen and oxygen atoms in total. The van der Waals surface area contributed by atoms with E-state index in [1.54, 1.807) is 6.07 Å². The summed E-state index contributed by atoms with van der Waals surface area (Å²) in [4.78, 5) is 26.9. The van der Waals surface area contributed by atoms with Gasteiger partial charge in [-0.3, -0.25) is 9.78 Å². The summed E-state index contributed by atoms with van der Waals surface area (Å²) in [7, 11) is 1.32. The molecular formula is C15H15N3O3. The minimum atomic E-state index is -0.681. The fourth-order valence-electron chi connectivity index (χ4n) is 1.86. The van der Waals surface area contributed by atoms with Gasteiger partial charge in [0.15, 0.2) is 6.04 Å². The highest BCUT2D eigenvalue weighted by Gasteiger charge is 2.21. The first-order chi connectivity index (χ1) is 10.1. The van der Waals surface area contributed by atoms with Gasteiger partial charge in [0.25, 0.3) is 5.91 Å². The van der Waals surface area contributed by atoms with Gasteiger partial charge in [-0.1, -0.05) is 30.3 Å². The summed E-state index contributed by atoms with van der Waals surface area (Å²) in [6, 6.07) is 11.6. The second kappa shape index (κ2) is 6.51. The molecule has 1 aromatic heterocycles. The highest BCUT2D eigenvalue weighted by molar-refractivity contribution is 5.91. The molecule has 0 aliphatic rings. The number of amides is 1. The average Bonchev–Trinajstić information content (AvgIpc) is 2.53. The second-order valence-corrected chi connectivity index (χ2v) is 4.31. The maximum atomic E-state index is 11.9. The molecule has 0 saturated heterocycles. The molecule has 1 atom stereocenters. The van der Waals surface area contributed by atoms with E-state index in [-0.39, 0.29) is 5.69 Å². The number of esters is 1. The number of hydrogen-bond donors (Lipinski definition) is 2. The topological polar surface area (TPSA) is 94.3 Å². The summed E-state index contributed by atoms with van der Waals surface area (Å²) >= 11 is 0. The second-order valence-electron chi connectivity index (χ2n) is 4.31.